The minimum absolute atomic E-state index is 0.0111. The first-order valence-corrected chi connectivity index (χ1v) is 14.6. The number of hydrogen-bond acceptors (Lipinski definition) is 6. The topological polar surface area (TPSA) is 96.4 Å². The van der Waals surface area contributed by atoms with E-state index in [1.54, 1.807) is 11.0 Å². The zero-order chi connectivity index (χ0) is 30.1. The molecule has 3 unspecified atom stereocenters. The lowest BCUT2D eigenvalue weighted by molar-refractivity contribution is -0.163. The number of rotatable bonds is 12. The molecule has 2 amide bonds. The first kappa shape index (κ1) is 29.7. The Hall–Kier alpha value is -3.75. The lowest BCUT2D eigenvalue weighted by atomic mass is 9.62. The summed E-state index contributed by atoms with van der Waals surface area (Å²) in [6.45, 7) is 11.6. The lowest BCUT2D eigenvalue weighted by Crippen LogP contribution is -2.59. The van der Waals surface area contributed by atoms with Gasteiger partial charge in [0.05, 0.1) is 24.2 Å². The van der Waals surface area contributed by atoms with Crippen LogP contribution in [0.25, 0.3) is 0 Å². The van der Waals surface area contributed by atoms with Gasteiger partial charge in [-0.15, -0.1) is 6.58 Å². The average molecular weight is 573 g/mol. The molecule has 7 atom stereocenters. The van der Waals surface area contributed by atoms with E-state index < -0.39 is 41.1 Å². The molecule has 2 aromatic rings. The number of hydrogen-bond donors (Lipinski definition) is 1. The van der Waals surface area contributed by atoms with Crippen LogP contribution in [0.15, 0.2) is 86.0 Å². The Morgan fingerprint density at radius 1 is 1.12 bits per heavy atom. The number of likely N-dealkylation sites (tertiary alicyclic amines) is 1. The number of carbonyl (C=O) groups is 3. The van der Waals surface area contributed by atoms with E-state index in [1.165, 1.54) is 11.0 Å². The lowest BCUT2D eigenvalue weighted by Gasteiger charge is -2.39. The van der Waals surface area contributed by atoms with Gasteiger partial charge in [0.25, 0.3) is 0 Å². The van der Waals surface area contributed by atoms with Crippen LogP contribution in [0.3, 0.4) is 0 Å². The molecule has 42 heavy (non-hydrogen) atoms. The predicted octanol–water partition coefficient (Wildman–Crippen LogP) is 3.54. The molecule has 3 heterocycles. The molecule has 3 aliphatic heterocycles. The summed E-state index contributed by atoms with van der Waals surface area (Å²) in [6, 6.07) is 17.4. The highest BCUT2D eigenvalue weighted by atomic mass is 16.6. The number of amides is 2. The third-order valence-electron chi connectivity index (χ3n) is 9.38. The highest BCUT2D eigenvalue weighted by molar-refractivity contribution is 5.99. The number of esters is 1. The highest BCUT2D eigenvalue weighted by Gasteiger charge is 2.80. The van der Waals surface area contributed by atoms with Crippen LogP contribution >= 0.6 is 0 Å². The van der Waals surface area contributed by atoms with Crippen LogP contribution in [0.4, 0.5) is 0 Å². The van der Waals surface area contributed by atoms with Crippen molar-refractivity contribution in [2.75, 3.05) is 19.8 Å². The van der Waals surface area contributed by atoms with Crippen molar-refractivity contribution in [3.05, 3.63) is 97.1 Å². The van der Waals surface area contributed by atoms with E-state index in [0.717, 1.165) is 11.1 Å². The number of aliphatic hydroxyl groups excluding tert-OH is 1. The summed E-state index contributed by atoms with van der Waals surface area (Å²) >= 11 is 0. The average Bonchev–Trinajstić information content (AvgIpc) is 3.51. The molecule has 2 aromatic carbocycles. The SMILES string of the molecule is C=CCOC(=O)[C@H]1[C@H]2C(=O)N([C@@H](CO)Cc3ccccc3)C(C(=O)N(CC=C)Cc3ccccc3)C23CC(C)[C@]1(C)O3. The second-order valence-electron chi connectivity index (χ2n) is 11.9. The molecule has 3 fully saturated rings. The Morgan fingerprint density at radius 3 is 2.36 bits per heavy atom. The van der Waals surface area contributed by atoms with Gasteiger partial charge >= 0.3 is 5.97 Å². The van der Waals surface area contributed by atoms with Crippen LogP contribution in [0.2, 0.25) is 0 Å². The first-order chi connectivity index (χ1) is 20.2. The fraction of sp³-hybridized carbons (Fsp3) is 0.441. The van der Waals surface area contributed by atoms with Gasteiger partial charge < -0.3 is 24.4 Å². The van der Waals surface area contributed by atoms with Crippen molar-refractivity contribution in [2.45, 2.75) is 56.5 Å². The van der Waals surface area contributed by atoms with Crippen molar-refractivity contribution in [2.24, 2.45) is 17.8 Å². The number of benzene rings is 2. The van der Waals surface area contributed by atoms with Gasteiger partial charge in [0.1, 0.15) is 24.2 Å². The van der Waals surface area contributed by atoms with E-state index in [9.17, 15) is 19.5 Å². The summed E-state index contributed by atoms with van der Waals surface area (Å²) in [4.78, 5) is 46.1. The number of ether oxygens (including phenoxy) is 2. The van der Waals surface area contributed by atoms with Crippen LogP contribution in [-0.2, 0) is 36.8 Å². The van der Waals surface area contributed by atoms with Crippen molar-refractivity contribution < 1.29 is 29.0 Å². The van der Waals surface area contributed by atoms with Crippen LogP contribution in [-0.4, -0.2) is 75.7 Å². The van der Waals surface area contributed by atoms with E-state index in [2.05, 4.69) is 13.2 Å². The fourth-order valence-electron chi connectivity index (χ4n) is 7.44. The maximum atomic E-state index is 14.7. The zero-order valence-corrected chi connectivity index (χ0v) is 24.4. The largest absolute Gasteiger partial charge is 0.461 e. The maximum Gasteiger partial charge on any atom is 0.313 e. The first-order valence-electron chi connectivity index (χ1n) is 14.6. The van der Waals surface area contributed by atoms with Gasteiger partial charge in [-0.25, -0.2) is 0 Å². The molecule has 1 spiro atoms. The molecule has 2 bridgehead atoms. The van der Waals surface area contributed by atoms with Crippen LogP contribution in [0, 0.1) is 17.8 Å². The van der Waals surface area contributed by atoms with E-state index in [4.69, 9.17) is 9.47 Å². The molecule has 0 radical (unpaired) electrons. The molecular formula is C34H40N2O6. The van der Waals surface area contributed by atoms with Crippen LogP contribution in [0.5, 0.6) is 0 Å². The molecule has 0 aliphatic carbocycles. The summed E-state index contributed by atoms with van der Waals surface area (Å²) in [5, 5.41) is 10.7. The smallest absolute Gasteiger partial charge is 0.313 e. The Morgan fingerprint density at radius 2 is 1.76 bits per heavy atom. The molecule has 3 saturated heterocycles. The van der Waals surface area contributed by atoms with Crippen molar-refractivity contribution in [1.29, 1.82) is 0 Å². The molecule has 5 rings (SSSR count). The van der Waals surface area contributed by atoms with Crippen molar-refractivity contribution in [3.8, 4) is 0 Å². The van der Waals surface area contributed by atoms with Crippen LogP contribution < -0.4 is 0 Å². The molecule has 1 N–H and O–H groups in total. The van der Waals surface area contributed by atoms with Crippen molar-refractivity contribution in [1.82, 2.24) is 9.80 Å². The van der Waals surface area contributed by atoms with Gasteiger partial charge in [-0.3, -0.25) is 14.4 Å². The van der Waals surface area contributed by atoms with E-state index in [0.29, 0.717) is 19.4 Å². The van der Waals surface area contributed by atoms with Crippen molar-refractivity contribution in [3.63, 3.8) is 0 Å². The van der Waals surface area contributed by atoms with E-state index in [1.807, 2.05) is 74.5 Å². The molecule has 8 heteroatoms. The number of carbonyl (C=O) groups excluding carboxylic acids is 3. The summed E-state index contributed by atoms with van der Waals surface area (Å²) in [7, 11) is 0. The summed E-state index contributed by atoms with van der Waals surface area (Å²) in [6.07, 6.45) is 3.92. The Bertz CT molecular complexity index is 1330. The summed E-state index contributed by atoms with van der Waals surface area (Å²) in [5.74, 6) is -3.13. The Kier molecular flexibility index (Phi) is 8.39. The standard InChI is InChI=1S/C34H40N2O6/c1-5-17-35(21-25-15-11-8-12-16-25)31(39)29-34-20-23(3)33(4,42-34)28(32(40)41-18-6-2)27(34)30(38)36(29)26(22-37)19-24-13-9-7-10-14-24/h5-16,23,26-29,37H,1-2,17-22H2,3-4H3/t23?,26-,27+,28-,29?,33+,34?/m1/s1. The summed E-state index contributed by atoms with van der Waals surface area (Å²) in [5.41, 5.74) is -0.381. The second-order valence-corrected chi connectivity index (χ2v) is 11.9. The number of fused-ring (bicyclic) bond motifs is 1. The Balaban J connectivity index is 1.61. The number of aliphatic hydroxyl groups is 1. The normalized spacial score (nSPS) is 30.1. The van der Waals surface area contributed by atoms with Gasteiger partial charge in [-0.05, 0) is 36.8 Å². The van der Waals surface area contributed by atoms with Gasteiger partial charge in [0.2, 0.25) is 11.8 Å². The molecule has 0 aromatic heterocycles. The van der Waals surface area contributed by atoms with Crippen molar-refractivity contribution >= 4 is 17.8 Å². The van der Waals surface area contributed by atoms with E-state index >= 15 is 0 Å². The van der Waals surface area contributed by atoms with E-state index in [-0.39, 0.29) is 37.5 Å². The quantitative estimate of drug-likeness (QED) is 0.309. The van der Waals surface area contributed by atoms with Gasteiger partial charge in [-0.2, -0.15) is 0 Å². The van der Waals surface area contributed by atoms with Gasteiger partial charge in [-0.1, -0.05) is 86.3 Å². The number of nitrogens with zero attached hydrogens (tertiary/aromatic N) is 2. The highest BCUT2D eigenvalue weighted by Crippen LogP contribution is 2.65. The minimum Gasteiger partial charge on any atom is -0.461 e. The molecule has 3 aliphatic rings. The summed E-state index contributed by atoms with van der Waals surface area (Å²) < 4.78 is 12.3. The predicted molar refractivity (Wildman–Crippen MR) is 158 cm³/mol. The minimum atomic E-state index is -1.25. The molecule has 8 nitrogen and oxygen atoms in total. The van der Waals surface area contributed by atoms with Crippen LogP contribution in [0.1, 0.15) is 31.4 Å². The molecule has 222 valence electrons. The van der Waals surface area contributed by atoms with Gasteiger partial charge in [0.15, 0.2) is 0 Å². The molecule has 0 saturated carbocycles. The third-order valence-corrected chi connectivity index (χ3v) is 9.38. The Labute approximate surface area is 247 Å². The fourth-order valence-corrected chi connectivity index (χ4v) is 7.44. The second kappa shape index (κ2) is 11.9. The maximum absolute atomic E-state index is 14.7. The molecular weight excluding hydrogens is 532 g/mol. The zero-order valence-electron chi connectivity index (χ0n) is 24.4. The monoisotopic (exact) mass is 572 g/mol. The van der Waals surface area contributed by atoms with Gasteiger partial charge in [0, 0.05) is 13.1 Å². The third kappa shape index (κ3) is 4.86.